The molecule has 0 saturated carbocycles. The topological polar surface area (TPSA) is 87.2 Å². The highest BCUT2D eigenvalue weighted by molar-refractivity contribution is 8.02. The molecule has 1 N–H and O–H groups in total. The number of hydrogen-bond donors (Lipinski definition) is 1. The molecular weight excluding hydrogens is 500 g/mol. The molecule has 4 aliphatic rings. The summed E-state index contributed by atoms with van der Waals surface area (Å²) in [6.07, 6.45) is 9.18. The van der Waals surface area contributed by atoms with E-state index in [2.05, 4.69) is 0 Å². The normalized spacial score (nSPS) is 33.3. The van der Waals surface area contributed by atoms with Crippen LogP contribution in [-0.4, -0.2) is 69.6 Å². The summed E-state index contributed by atoms with van der Waals surface area (Å²) in [6, 6.07) is 5.70. The molecule has 0 radical (unpaired) electrons. The number of hydrogen-bond acceptors (Lipinski definition) is 6. The van der Waals surface area contributed by atoms with Gasteiger partial charge < -0.3 is 19.6 Å². The lowest BCUT2D eigenvalue weighted by molar-refractivity contribution is -0.153. The molecule has 7 nitrogen and oxygen atoms in total. The van der Waals surface area contributed by atoms with Crippen LogP contribution in [0.15, 0.2) is 48.6 Å². The van der Waals surface area contributed by atoms with E-state index in [-0.39, 0.29) is 36.2 Å². The lowest BCUT2D eigenvalue weighted by atomic mass is 9.78. The second kappa shape index (κ2) is 9.88. The Kier molecular flexibility index (Phi) is 6.96. The van der Waals surface area contributed by atoms with Crippen molar-refractivity contribution in [3.8, 4) is 0 Å². The van der Waals surface area contributed by atoms with Crippen LogP contribution in [-0.2, 0) is 19.1 Å². The number of carbonyl (C=O) groups excluding carboxylic acids is 3. The van der Waals surface area contributed by atoms with Crippen LogP contribution in [0.25, 0.3) is 0 Å². The third kappa shape index (κ3) is 3.80. The van der Waals surface area contributed by atoms with Crippen LogP contribution in [0.1, 0.15) is 26.7 Å². The van der Waals surface area contributed by atoms with Crippen molar-refractivity contribution in [1.29, 1.82) is 0 Å². The molecule has 2 fully saturated rings. The van der Waals surface area contributed by atoms with E-state index in [0.717, 1.165) is 6.42 Å². The summed E-state index contributed by atoms with van der Waals surface area (Å²) in [5.74, 6) is -2.45. The fraction of sp³-hybridized carbons (Fsp3) is 0.519. The van der Waals surface area contributed by atoms with E-state index < -0.39 is 34.6 Å². The lowest BCUT2D eigenvalue weighted by Crippen LogP contribution is -2.58. The van der Waals surface area contributed by atoms with Gasteiger partial charge in [-0.1, -0.05) is 68.3 Å². The van der Waals surface area contributed by atoms with Gasteiger partial charge in [-0.15, -0.1) is 11.8 Å². The van der Waals surface area contributed by atoms with Crippen molar-refractivity contribution >= 4 is 46.8 Å². The first kappa shape index (κ1) is 25.4. The van der Waals surface area contributed by atoms with Crippen LogP contribution in [0.2, 0.25) is 5.02 Å². The second-order valence-corrected chi connectivity index (χ2v) is 11.8. The van der Waals surface area contributed by atoms with Crippen LogP contribution in [0.5, 0.6) is 0 Å². The molecule has 1 aromatic rings. The van der Waals surface area contributed by atoms with Crippen LogP contribution in [0.4, 0.5) is 5.69 Å². The first-order chi connectivity index (χ1) is 17.4. The molecule has 192 valence electrons. The molecule has 9 heteroatoms. The predicted molar refractivity (Wildman–Crippen MR) is 140 cm³/mol. The number of rotatable bonds is 5. The molecule has 4 heterocycles. The Morgan fingerprint density at radius 3 is 2.72 bits per heavy atom. The van der Waals surface area contributed by atoms with E-state index in [9.17, 15) is 19.5 Å². The van der Waals surface area contributed by atoms with Crippen LogP contribution >= 0.6 is 23.4 Å². The Labute approximate surface area is 220 Å². The van der Waals surface area contributed by atoms with Crippen LogP contribution < -0.4 is 4.90 Å². The predicted octanol–water partition coefficient (Wildman–Crippen LogP) is 3.45. The van der Waals surface area contributed by atoms with Gasteiger partial charge in [0, 0.05) is 11.8 Å². The molecular formula is C27H31ClN2O5S. The Morgan fingerprint density at radius 2 is 2.00 bits per heavy atom. The average molecular weight is 531 g/mol. The zero-order chi connectivity index (χ0) is 25.6. The number of cyclic esters (lactones) is 1. The van der Waals surface area contributed by atoms with E-state index in [0.29, 0.717) is 23.7 Å². The fourth-order valence-corrected chi connectivity index (χ4v) is 8.33. The van der Waals surface area contributed by atoms with Crippen molar-refractivity contribution < 1.29 is 24.2 Å². The molecule has 0 aliphatic carbocycles. The molecule has 4 aliphatic heterocycles. The number of aliphatic hydroxyl groups excluding tert-OH is 1. The Hall–Kier alpha value is -2.29. The number of amides is 2. The average Bonchev–Trinajstić information content (AvgIpc) is 3.24. The monoisotopic (exact) mass is 530 g/mol. The number of aliphatic hydroxyl groups is 1. The Bertz CT molecular complexity index is 1130. The summed E-state index contributed by atoms with van der Waals surface area (Å²) < 4.78 is 4.56. The minimum Gasteiger partial charge on any atom is -0.465 e. The number of carbonyl (C=O) groups is 3. The highest BCUT2D eigenvalue weighted by atomic mass is 35.5. The van der Waals surface area contributed by atoms with E-state index in [1.807, 2.05) is 44.2 Å². The van der Waals surface area contributed by atoms with Gasteiger partial charge >= 0.3 is 5.97 Å². The molecule has 5 rings (SSSR count). The van der Waals surface area contributed by atoms with Gasteiger partial charge in [-0.05, 0) is 24.5 Å². The number of halogens is 1. The molecule has 0 bridgehead atoms. The van der Waals surface area contributed by atoms with E-state index in [1.165, 1.54) is 11.8 Å². The molecule has 2 saturated heterocycles. The van der Waals surface area contributed by atoms with Crippen molar-refractivity contribution in [3.63, 3.8) is 0 Å². The number of benzene rings is 1. The standard InChI is InChI=1S/C27H31ClN2O5S/c1-3-16(2)19(15-31)30-23-25(33)29(18-10-5-4-9-17(18)28)13-8-12-27(23)22(24(30)32)21-20(36-27)11-6-7-14-35-26(21)34/h4-6,8-12,16,19-23,31H,3,7,13-15H2,1-2H3/t16-,19-,20-,21+,22-,23?,27-/m0/s1. The minimum atomic E-state index is -0.964. The van der Waals surface area contributed by atoms with Crippen molar-refractivity contribution in [2.24, 2.45) is 17.8 Å². The van der Waals surface area contributed by atoms with Crippen molar-refractivity contribution in [2.75, 3.05) is 24.7 Å². The maximum absolute atomic E-state index is 14.4. The summed E-state index contributed by atoms with van der Waals surface area (Å²) in [5.41, 5.74) is 0.569. The van der Waals surface area contributed by atoms with Crippen LogP contribution in [0, 0.1) is 17.8 Å². The van der Waals surface area contributed by atoms with E-state index in [1.54, 1.807) is 28.0 Å². The number of esters is 1. The maximum Gasteiger partial charge on any atom is 0.311 e. The number of likely N-dealkylation sites (tertiary alicyclic amines) is 1. The molecule has 0 aromatic heterocycles. The lowest BCUT2D eigenvalue weighted by Gasteiger charge is -2.40. The number of thioether (sulfide) groups is 1. The smallest absolute Gasteiger partial charge is 0.311 e. The fourth-order valence-electron chi connectivity index (χ4n) is 6.11. The quantitative estimate of drug-likeness (QED) is 0.463. The minimum absolute atomic E-state index is 0.0476. The SMILES string of the molecule is CC[C@H](C)[C@H](CO)N1C(=O)[C@@H]2[C@@H]3C(=O)OCCC=C[C@@H]3S[C@@]23C=CCN(c2ccccc2Cl)C(=O)C13. The summed E-state index contributed by atoms with van der Waals surface area (Å²) in [5, 5.41) is 10.6. The first-order valence-electron chi connectivity index (χ1n) is 12.5. The van der Waals surface area contributed by atoms with Gasteiger partial charge in [0.1, 0.15) is 6.04 Å². The van der Waals surface area contributed by atoms with Crippen LogP contribution in [0.3, 0.4) is 0 Å². The van der Waals surface area contributed by atoms with Crippen molar-refractivity contribution in [3.05, 3.63) is 53.6 Å². The number of fused-ring (bicyclic) bond motifs is 2. The van der Waals surface area contributed by atoms with Crippen molar-refractivity contribution in [2.45, 2.75) is 48.8 Å². The summed E-state index contributed by atoms with van der Waals surface area (Å²) in [7, 11) is 0. The number of nitrogens with zero attached hydrogens (tertiary/aromatic N) is 2. The Balaban J connectivity index is 1.68. The number of ether oxygens (including phenoxy) is 1. The van der Waals surface area contributed by atoms with Gasteiger partial charge in [0.2, 0.25) is 5.91 Å². The molecule has 1 spiro atoms. The van der Waals surface area contributed by atoms with E-state index >= 15 is 0 Å². The Morgan fingerprint density at radius 1 is 1.22 bits per heavy atom. The van der Waals surface area contributed by atoms with Gasteiger partial charge in [0.05, 0.1) is 46.5 Å². The molecule has 1 unspecified atom stereocenters. The van der Waals surface area contributed by atoms with Gasteiger partial charge in [-0.2, -0.15) is 0 Å². The summed E-state index contributed by atoms with van der Waals surface area (Å²) in [4.78, 5) is 45.1. The number of anilines is 1. The highest BCUT2D eigenvalue weighted by Gasteiger charge is 2.72. The molecule has 1 aromatic carbocycles. The zero-order valence-electron chi connectivity index (χ0n) is 20.4. The largest absolute Gasteiger partial charge is 0.465 e. The van der Waals surface area contributed by atoms with Gasteiger partial charge in [-0.3, -0.25) is 14.4 Å². The molecule has 2 amide bonds. The third-order valence-electron chi connectivity index (χ3n) is 8.05. The first-order valence-corrected chi connectivity index (χ1v) is 13.8. The zero-order valence-corrected chi connectivity index (χ0v) is 22.0. The van der Waals surface area contributed by atoms with Gasteiger partial charge in [-0.25, -0.2) is 0 Å². The molecule has 36 heavy (non-hydrogen) atoms. The van der Waals surface area contributed by atoms with Crippen molar-refractivity contribution in [1.82, 2.24) is 4.90 Å². The summed E-state index contributed by atoms with van der Waals surface area (Å²) >= 11 is 7.99. The highest BCUT2D eigenvalue weighted by Crippen LogP contribution is 2.61. The summed E-state index contributed by atoms with van der Waals surface area (Å²) in [6.45, 7) is 4.26. The third-order valence-corrected chi connectivity index (χ3v) is 10.1. The maximum atomic E-state index is 14.4. The molecule has 7 atom stereocenters. The number of para-hydroxylation sites is 1. The van der Waals surface area contributed by atoms with Gasteiger partial charge in [0.25, 0.3) is 5.91 Å². The van der Waals surface area contributed by atoms with E-state index in [4.69, 9.17) is 16.3 Å². The second-order valence-electron chi connectivity index (χ2n) is 9.91. The van der Waals surface area contributed by atoms with Gasteiger partial charge in [0.15, 0.2) is 0 Å².